The van der Waals surface area contributed by atoms with E-state index in [2.05, 4.69) is 12.2 Å². The lowest BCUT2D eigenvalue weighted by Gasteiger charge is -2.13. The maximum Gasteiger partial charge on any atom is 0.251 e. The quantitative estimate of drug-likeness (QED) is 0.855. The number of carbonyl (C=O) groups is 1. The van der Waals surface area contributed by atoms with E-state index >= 15 is 0 Å². The van der Waals surface area contributed by atoms with Crippen LogP contribution in [0.5, 0.6) is 0 Å². The molecule has 2 aromatic rings. The number of hydrogen-bond acceptors (Lipinski definition) is 2. The predicted molar refractivity (Wildman–Crippen MR) is 86.1 cm³/mol. The summed E-state index contributed by atoms with van der Waals surface area (Å²) in [6, 6.07) is 17.4. The number of nitrogens with two attached hydrogens (primary N) is 1. The van der Waals surface area contributed by atoms with Gasteiger partial charge in [-0.15, -0.1) is 0 Å². The zero-order chi connectivity index (χ0) is 15.1. The fraction of sp³-hybridized carbons (Fsp3) is 0.278. The third-order valence-corrected chi connectivity index (χ3v) is 3.47. The Morgan fingerprint density at radius 1 is 1.10 bits per heavy atom. The van der Waals surface area contributed by atoms with Crippen LogP contribution in [-0.2, 0) is 6.42 Å². The van der Waals surface area contributed by atoms with Crippen LogP contribution in [0.3, 0.4) is 0 Å². The Balaban J connectivity index is 1.89. The van der Waals surface area contributed by atoms with Crippen LogP contribution in [0, 0.1) is 0 Å². The van der Waals surface area contributed by atoms with Gasteiger partial charge in [-0.1, -0.05) is 55.8 Å². The molecule has 1 atom stereocenters. The molecule has 0 spiro atoms. The van der Waals surface area contributed by atoms with E-state index in [-0.39, 0.29) is 11.9 Å². The standard InChI is InChI=1S/C18H22N2O/c1-2-6-14-9-11-16(12-10-14)18(21)20-13-17(19)15-7-4-3-5-8-15/h3-5,7-12,17H,2,6,13,19H2,1H3,(H,20,21). The first-order chi connectivity index (χ1) is 10.2. The van der Waals surface area contributed by atoms with Crippen LogP contribution in [0.1, 0.15) is 40.9 Å². The van der Waals surface area contributed by atoms with E-state index in [9.17, 15) is 4.79 Å². The molecule has 2 rings (SSSR count). The molecule has 2 aromatic carbocycles. The van der Waals surface area contributed by atoms with E-state index in [0.29, 0.717) is 12.1 Å². The van der Waals surface area contributed by atoms with Gasteiger partial charge in [-0.05, 0) is 29.7 Å². The lowest BCUT2D eigenvalue weighted by atomic mass is 10.1. The first kappa shape index (κ1) is 15.3. The van der Waals surface area contributed by atoms with Gasteiger partial charge in [0.25, 0.3) is 5.91 Å². The van der Waals surface area contributed by atoms with Crippen LogP contribution >= 0.6 is 0 Å². The number of nitrogens with one attached hydrogen (secondary N) is 1. The summed E-state index contributed by atoms with van der Waals surface area (Å²) < 4.78 is 0. The van der Waals surface area contributed by atoms with Gasteiger partial charge in [0.1, 0.15) is 0 Å². The number of amides is 1. The molecule has 1 amide bonds. The fourth-order valence-corrected chi connectivity index (χ4v) is 2.23. The molecule has 0 saturated carbocycles. The van der Waals surface area contributed by atoms with Gasteiger partial charge in [0.15, 0.2) is 0 Å². The molecule has 0 aliphatic carbocycles. The van der Waals surface area contributed by atoms with Gasteiger partial charge < -0.3 is 11.1 Å². The molecule has 0 heterocycles. The minimum absolute atomic E-state index is 0.0792. The summed E-state index contributed by atoms with van der Waals surface area (Å²) in [6.45, 7) is 2.57. The highest BCUT2D eigenvalue weighted by molar-refractivity contribution is 5.94. The molecule has 0 radical (unpaired) electrons. The molecule has 0 bridgehead atoms. The molecule has 0 saturated heterocycles. The largest absolute Gasteiger partial charge is 0.350 e. The summed E-state index contributed by atoms with van der Waals surface area (Å²) in [5.74, 6) is -0.0792. The van der Waals surface area contributed by atoms with Gasteiger partial charge in [-0.2, -0.15) is 0 Å². The molecule has 3 N–H and O–H groups in total. The van der Waals surface area contributed by atoms with Crippen molar-refractivity contribution in [1.82, 2.24) is 5.32 Å². The zero-order valence-corrected chi connectivity index (χ0v) is 12.4. The summed E-state index contributed by atoms with van der Waals surface area (Å²) in [7, 11) is 0. The average Bonchev–Trinajstić information content (AvgIpc) is 2.54. The molecule has 110 valence electrons. The molecule has 0 aliphatic rings. The molecular weight excluding hydrogens is 260 g/mol. The summed E-state index contributed by atoms with van der Waals surface area (Å²) in [5, 5.41) is 2.88. The van der Waals surface area contributed by atoms with Crippen molar-refractivity contribution in [3.05, 3.63) is 71.3 Å². The van der Waals surface area contributed by atoms with Crippen molar-refractivity contribution in [1.29, 1.82) is 0 Å². The number of hydrogen-bond donors (Lipinski definition) is 2. The Labute approximate surface area is 126 Å². The highest BCUT2D eigenvalue weighted by Crippen LogP contribution is 2.09. The predicted octanol–water partition coefficient (Wildman–Crippen LogP) is 3.07. The highest BCUT2D eigenvalue weighted by atomic mass is 16.1. The van der Waals surface area contributed by atoms with Crippen LogP contribution in [0.2, 0.25) is 0 Å². The van der Waals surface area contributed by atoms with E-state index in [1.807, 2.05) is 54.6 Å². The van der Waals surface area contributed by atoms with Crippen molar-refractivity contribution in [2.24, 2.45) is 5.73 Å². The first-order valence-corrected chi connectivity index (χ1v) is 7.38. The second kappa shape index (κ2) is 7.60. The molecular formula is C18H22N2O. The normalized spacial score (nSPS) is 11.9. The minimum atomic E-state index is -0.186. The molecule has 0 aliphatic heterocycles. The SMILES string of the molecule is CCCc1ccc(C(=O)NCC(N)c2ccccc2)cc1. The average molecular weight is 282 g/mol. The number of rotatable bonds is 6. The van der Waals surface area contributed by atoms with E-state index in [4.69, 9.17) is 5.73 Å². The van der Waals surface area contributed by atoms with Crippen LogP contribution in [0.25, 0.3) is 0 Å². The van der Waals surface area contributed by atoms with Crippen molar-refractivity contribution in [2.45, 2.75) is 25.8 Å². The van der Waals surface area contributed by atoms with Gasteiger partial charge >= 0.3 is 0 Å². The van der Waals surface area contributed by atoms with E-state index < -0.39 is 0 Å². The summed E-state index contributed by atoms with van der Waals surface area (Å²) in [4.78, 5) is 12.1. The fourth-order valence-electron chi connectivity index (χ4n) is 2.23. The Bertz CT molecular complexity index is 564. The summed E-state index contributed by atoms with van der Waals surface area (Å²) >= 11 is 0. The Morgan fingerprint density at radius 2 is 1.76 bits per heavy atom. The van der Waals surface area contributed by atoms with Gasteiger partial charge in [-0.25, -0.2) is 0 Å². The molecule has 1 unspecified atom stereocenters. The topological polar surface area (TPSA) is 55.1 Å². The van der Waals surface area contributed by atoms with Crippen LogP contribution < -0.4 is 11.1 Å². The lowest BCUT2D eigenvalue weighted by Crippen LogP contribution is -2.31. The van der Waals surface area contributed by atoms with E-state index in [0.717, 1.165) is 18.4 Å². The summed E-state index contributed by atoms with van der Waals surface area (Å²) in [5.41, 5.74) is 9.03. The maximum absolute atomic E-state index is 12.1. The lowest BCUT2D eigenvalue weighted by molar-refractivity contribution is 0.0951. The van der Waals surface area contributed by atoms with Crippen molar-refractivity contribution in [2.75, 3.05) is 6.54 Å². The van der Waals surface area contributed by atoms with Crippen molar-refractivity contribution >= 4 is 5.91 Å². The number of aryl methyl sites for hydroxylation is 1. The molecule has 21 heavy (non-hydrogen) atoms. The third-order valence-electron chi connectivity index (χ3n) is 3.47. The van der Waals surface area contributed by atoms with Crippen molar-refractivity contribution in [3.8, 4) is 0 Å². The van der Waals surface area contributed by atoms with E-state index in [1.54, 1.807) is 0 Å². The minimum Gasteiger partial charge on any atom is -0.350 e. The monoisotopic (exact) mass is 282 g/mol. The zero-order valence-electron chi connectivity index (χ0n) is 12.4. The van der Waals surface area contributed by atoms with Gasteiger partial charge in [0, 0.05) is 18.2 Å². The summed E-state index contributed by atoms with van der Waals surface area (Å²) in [6.07, 6.45) is 2.15. The Hall–Kier alpha value is -2.13. The third kappa shape index (κ3) is 4.43. The number of carbonyl (C=O) groups excluding carboxylic acids is 1. The molecule has 3 nitrogen and oxygen atoms in total. The number of benzene rings is 2. The van der Waals surface area contributed by atoms with Crippen LogP contribution in [-0.4, -0.2) is 12.5 Å². The van der Waals surface area contributed by atoms with Crippen LogP contribution in [0.4, 0.5) is 0 Å². The van der Waals surface area contributed by atoms with Crippen molar-refractivity contribution < 1.29 is 4.79 Å². The van der Waals surface area contributed by atoms with Gasteiger partial charge in [0.05, 0.1) is 0 Å². The molecule has 0 fully saturated rings. The first-order valence-electron chi connectivity index (χ1n) is 7.38. The second-order valence-corrected chi connectivity index (χ2v) is 5.17. The van der Waals surface area contributed by atoms with Gasteiger partial charge in [0.2, 0.25) is 0 Å². The Kier molecular flexibility index (Phi) is 5.52. The maximum atomic E-state index is 12.1. The molecule has 3 heteroatoms. The smallest absolute Gasteiger partial charge is 0.251 e. The second-order valence-electron chi connectivity index (χ2n) is 5.17. The van der Waals surface area contributed by atoms with E-state index in [1.165, 1.54) is 5.56 Å². The van der Waals surface area contributed by atoms with Gasteiger partial charge in [-0.3, -0.25) is 4.79 Å². The van der Waals surface area contributed by atoms with Crippen LogP contribution in [0.15, 0.2) is 54.6 Å². The highest BCUT2D eigenvalue weighted by Gasteiger charge is 2.09. The molecule has 0 aromatic heterocycles. The van der Waals surface area contributed by atoms with Crippen molar-refractivity contribution in [3.63, 3.8) is 0 Å². The Morgan fingerprint density at radius 3 is 2.38 bits per heavy atom.